The van der Waals surface area contributed by atoms with Gasteiger partial charge in [0.2, 0.25) is 0 Å². The van der Waals surface area contributed by atoms with Gasteiger partial charge in [-0.05, 0) is 24.8 Å². The number of hydrogen-bond donors (Lipinski definition) is 2. The lowest BCUT2D eigenvalue weighted by Crippen LogP contribution is -2.07. The van der Waals surface area contributed by atoms with Gasteiger partial charge in [0.25, 0.3) is 10.9 Å². The standard InChI is InChI=1S/C10H10N4O3S/c1-6-5-17-10(12-6)18-9-3-7(13-11)2-8(4-9)14(15)16/h2-5,13H,11H2,1H3. The van der Waals surface area contributed by atoms with Crippen molar-refractivity contribution in [2.45, 2.75) is 17.0 Å². The molecule has 0 aliphatic carbocycles. The molecule has 1 aromatic carbocycles. The highest BCUT2D eigenvalue weighted by molar-refractivity contribution is 7.99. The van der Waals surface area contributed by atoms with E-state index < -0.39 is 4.92 Å². The molecule has 0 radical (unpaired) electrons. The fraction of sp³-hybridized carbons (Fsp3) is 0.100. The first kappa shape index (κ1) is 12.4. The van der Waals surface area contributed by atoms with Crippen molar-refractivity contribution in [1.29, 1.82) is 0 Å². The molecule has 0 unspecified atom stereocenters. The molecule has 0 atom stereocenters. The number of anilines is 1. The Labute approximate surface area is 107 Å². The van der Waals surface area contributed by atoms with Crippen LogP contribution in [0, 0.1) is 17.0 Å². The van der Waals surface area contributed by atoms with Gasteiger partial charge >= 0.3 is 0 Å². The maximum absolute atomic E-state index is 10.8. The van der Waals surface area contributed by atoms with E-state index in [2.05, 4.69) is 10.4 Å². The van der Waals surface area contributed by atoms with Crippen LogP contribution in [0.2, 0.25) is 0 Å². The van der Waals surface area contributed by atoms with E-state index in [1.165, 1.54) is 30.2 Å². The number of nitro benzene ring substituents is 1. The number of benzene rings is 1. The zero-order valence-corrected chi connectivity index (χ0v) is 10.2. The van der Waals surface area contributed by atoms with Gasteiger partial charge in [-0.2, -0.15) is 0 Å². The molecule has 8 heteroatoms. The highest BCUT2D eigenvalue weighted by Gasteiger charge is 2.12. The molecule has 2 aromatic rings. The van der Waals surface area contributed by atoms with Crippen molar-refractivity contribution >= 4 is 23.1 Å². The number of rotatable bonds is 4. The number of oxazole rings is 1. The first-order chi connectivity index (χ1) is 8.58. The summed E-state index contributed by atoms with van der Waals surface area (Å²) in [6.07, 6.45) is 1.52. The van der Waals surface area contributed by atoms with Crippen LogP contribution in [0.15, 0.2) is 39.0 Å². The van der Waals surface area contributed by atoms with Crippen molar-refractivity contribution < 1.29 is 9.34 Å². The predicted octanol–water partition coefficient (Wildman–Crippen LogP) is 2.33. The number of nitro groups is 1. The zero-order chi connectivity index (χ0) is 13.1. The summed E-state index contributed by atoms with van der Waals surface area (Å²) in [5.74, 6) is 5.26. The third-order valence-corrected chi connectivity index (χ3v) is 2.91. The van der Waals surface area contributed by atoms with Crippen LogP contribution < -0.4 is 11.3 Å². The lowest BCUT2D eigenvalue weighted by atomic mass is 10.3. The summed E-state index contributed by atoms with van der Waals surface area (Å²) in [5.41, 5.74) is 3.54. The van der Waals surface area contributed by atoms with Crippen molar-refractivity contribution in [2.75, 3.05) is 5.43 Å². The molecule has 0 saturated heterocycles. The largest absolute Gasteiger partial charge is 0.439 e. The Morgan fingerprint density at radius 1 is 1.50 bits per heavy atom. The minimum Gasteiger partial charge on any atom is -0.439 e. The topological polar surface area (TPSA) is 107 Å². The molecule has 0 spiro atoms. The Hall–Kier alpha value is -2.06. The normalized spacial score (nSPS) is 10.3. The van der Waals surface area contributed by atoms with E-state index in [0.717, 1.165) is 5.69 Å². The molecule has 0 aliphatic heterocycles. The van der Waals surface area contributed by atoms with Crippen LogP contribution in [0.25, 0.3) is 0 Å². The molecular formula is C10H10N4O3S. The smallest absolute Gasteiger partial charge is 0.272 e. The van der Waals surface area contributed by atoms with E-state index in [1.54, 1.807) is 13.0 Å². The molecule has 1 heterocycles. The number of hydrazine groups is 1. The average molecular weight is 266 g/mol. The van der Waals surface area contributed by atoms with Gasteiger partial charge in [-0.3, -0.25) is 16.0 Å². The van der Waals surface area contributed by atoms with Gasteiger partial charge in [0, 0.05) is 17.0 Å². The molecule has 18 heavy (non-hydrogen) atoms. The molecule has 0 saturated carbocycles. The molecular weight excluding hydrogens is 256 g/mol. The Kier molecular flexibility index (Phi) is 3.49. The lowest BCUT2D eigenvalue weighted by molar-refractivity contribution is -0.385. The highest BCUT2D eigenvalue weighted by atomic mass is 32.2. The molecule has 0 bridgehead atoms. The maximum Gasteiger partial charge on any atom is 0.272 e. The number of nitrogen functional groups attached to an aromatic ring is 1. The van der Waals surface area contributed by atoms with Crippen molar-refractivity contribution in [2.24, 2.45) is 5.84 Å². The second-order valence-corrected chi connectivity index (χ2v) is 4.50. The van der Waals surface area contributed by atoms with Crippen LogP contribution >= 0.6 is 11.8 Å². The van der Waals surface area contributed by atoms with E-state index in [9.17, 15) is 10.1 Å². The molecule has 3 N–H and O–H groups in total. The first-order valence-electron chi connectivity index (χ1n) is 4.94. The summed E-state index contributed by atoms with van der Waals surface area (Å²) in [4.78, 5) is 15.0. The summed E-state index contributed by atoms with van der Waals surface area (Å²) in [7, 11) is 0. The molecule has 0 aliphatic rings. The first-order valence-corrected chi connectivity index (χ1v) is 5.76. The van der Waals surface area contributed by atoms with Crippen LogP contribution in [0.3, 0.4) is 0 Å². The van der Waals surface area contributed by atoms with E-state index in [4.69, 9.17) is 10.3 Å². The van der Waals surface area contributed by atoms with Gasteiger partial charge in [0.1, 0.15) is 6.26 Å². The number of non-ortho nitro benzene ring substituents is 1. The minimum atomic E-state index is -0.480. The minimum absolute atomic E-state index is 0.0452. The third kappa shape index (κ3) is 2.79. The average Bonchev–Trinajstić information content (AvgIpc) is 2.74. The van der Waals surface area contributed by atoms with E-state index in [0.29, 0.717) is 15.8 Å². The monoisotopic (exact) mass is 266 g/mol. The van der Waals surface area contributed by atoms with Crippen molar-refractivity contribution in [3.05, 3.63) is 40.3 Å². The van der Waals surface area contributed by atoms with Crippen LogP contribution in [0.5, 0.6) is 0 Å². The van der Waals surface area contributed by atoms with Gasteiger partial charge < -0.3 is 9.84 Å². The van der Waals surface area contributed by atoms with Crippen molar-refractivity contribution in [3.8, 4) is 0 Å². The quantitative estimate of drug-likeness (QED) is 0.496. The van der Waals surface area contributed by atoms with Crippen molar-refractivity contribution in [3.63, 3.8) is 0 Å². The molecule has 0 amide bonds. The number of nitrogens with two attached hydrogens (primary N) is 1. The number of aromatic nitrogens is 1. The third-order valence-electron chi connectivity index (χ3n) is 2.07. The van der Waals surface area contributed by atoms with E-state index >= 15 is 0 Å². The predicted molar refractivity (Wildman–Crippen MR) is 66.3 cm³/mol. The van der Waals surface area contributed by atoms with Gasteiger partial charge in [0.05, 0.1) is 16.3 Å². The molecule has 1 aromatic heterocycles. The highest BCUT2D eigenvalue weighted by Crippen LogP contribution is 2.32. The van der Waals surface area contributed by atoms with Crippen LogP contribution in [0.1, 0.15) is 5.69 Å². The Bertz CT molecular complexity index is 584. The Morgan fingerprint density at radius 3 is 2.83 bits per heavy atom. The number of nitrogens with one attached hydrogen (secondary N) is 1. The van der Waals surface area contributed by atoms with Gasteiger partial charge in [-0.15, -0.1) is 0 Å². The zero-order valence-electron chi connectivity index (χ0n) is 9.41. The Morgan fingerprint density at radius 2 is 2.28 bits per heavy atom. The molecule has 0 fully saturated rings. The fourth-order valence-corrected chi connectivity index (χ4v) is 2.16. The van der Waals surface area contributed by atoms with Crippen LogP contribution in [0.4, 0.5) is 11.4 Å². The number of hydrogen-bond acceptors (Lipinski definition) is 7. The number of nitrogens with zero attached hydrogens (tertiary/aromatic N) is 2. The van der Waals surface area contributed by atoms with Crippen molar-refractivity contribution in [1.82, 2.24) is 4.98 Å². The Balaban J connectivity index is 2.32. The number of aryl methyl sites for hydroxylation is 1. The van der Waals surface area contributed by atoms with E-state index in [1.807, 2.05) is 0 Å². The summed E-state index contributed by atoms with van der Waals surface area (Å²) in [5, 5.41) is 11.2. The van der Waals surface area contributed by atoms with Crippen LogP contribution in [-0.2, 0) is 0 Å². The fourth-order valence-electron chi connectivity index (χ4n) is 1.31. The summed E-state index contributed by atoms with van der Waals surface area (Å²) < 4.78 is 5.17. The molecule has 94 valence electrons. The van der Waals surface area contributed by atoms with Gasteiger partial charge in [-0.1, -0.05) is 0 Å². The van der Waals surface area contributed by atoms with Crippen LogP contribution in [-0.4, -0.2) is 9.91 Å². The summed E-state index contributed by atoms with van der Waals surface area (Å²) in [6, 6.07) is 4.47. The maximum atomic E-state index is 10.8. The summed E-state index contributed by atoms with van der Waals surface area (Å²) >= 11 is 1.19. The van der Waals surface area contributed by atoms with Gasteiger partial charge in [-0.25, -0.2) is 4.98 Å². The SMILES string of the molecule is Cc1coc(Sc2cc(NN)cc([N+](=O)[O-])c2)n1. The second kappa shape index (κ2) is 5.07. The lowest BCUT2D eigenvalue weighted by Gasteiger charge is -2.03. The summed E-state index contributed by atoms with van der Waals surface area (Å²) in [6.45, 7) is 1.80. The molecule has 2 rings (SSSR count). The second-order valence-electron chi connectivity index (χ2n) is 3.47. The molecule has 7 nitrogen and oxygen atoms in total. The van der Waals surface area contributed by atoms with E-state index in [-0.39, 0.29) is 5.69 Å². The van der Waals surface area contributed by atoms with Gasteiger partial charge in [0.15, 0.2) is 0 Å².